The number of carbonyl (C=O) groups is 1. The van der Waals surface area contributed by atoms with E-state index in [1.165, 1.54) is 0 Å². The van der Waals surface area contributed by atoms with Crippen molar-refractivity contribution in [1.82, 2.24) is 9.55 Å². The van der Waals surface area contributed by atoms with Gasteiger partial charge in [0.25, 0.3) is 5.56 Å². The second-order valence-electron chi connectivity index (χ2n) is 4.43. The fourth-order valence-electron chi connectivity index (χ4n) is 2.04. The van der Waals surface area contributed by atoms with Crippen LogP contribution in [-0.4, -0.2) is 62.9 Å². The summed E-state index contributed by atoms with van der Waals surface area (Å²) in [5.74, 6) is -0.975. The van der Waals surface area contributed by atoms with Crippen LogP contribution in [0.1, 0.15) is 16.6 Å². The maximum absolute atomic E-state index is 11.8. The fourth-order valence-corrected chi connectivity index (χ4v) is 2.04. The molecule has 1 aliphatic heterocycles. The number of methoxy groups -OCH3 is 1. The molecule has 1 aromatic rings. The maximum Gasteiger partial charge on any atom is 0.345 e. The molecule has 0 aromatic carbocycles. The molecular weight excluding hydrogens is 288 g/mol. The predicted octanol–water partition coefficient (Wildman–Crippen LogP) is -3.07. The van der Waals surface area contributed by atoms with E-state index in [2.05, 4.69) is 4.74 Å². The van der Waals surface area contributed by atoms with Crippen LogP contribution in [0.15, 0.2) is 15.8 Å². The van der Waals surface area contributed by atoms with Crippen molar-refractivity contribution in [1.29, 1.82) is 0 Å². The first kappa shape index (κ1) is 15.4. The average Bonchev–Trinajstić information content (AvgIpc) is 2.74. The Morgan fingerprint density at radius 1 is 1.43 bits per heavy atom. The monoisotopic (exact) mass is 302 g/mol. The van der Waals surface area contributed by atoms with Crippen molar-refractivity contribution in [3.63, 3.8) is 0 Å². The number of aliphatic hydroxyl groups excluding tert-OH is 3. The summed E-state index contributed by atoms with van der Waals surface area (Å²) in [6.45, 7) is -0.573. The van der Waals surface area contributed by atoms with Gasteiger partial charge in [0.15, 0.2) is 6.23 Å². The van der Waals surface area contributed by atoms with Gasteiger partial charge in [-0.05, 0) is 0 Å². The number of nitrogens with zero attached hydrogens (tertiary/aromatic N) is 1. The Bertz CT molecular complexity index is 650. The van der Waals surface area contributed by atoms with Crippen molar-refractivity contribution < 1.29 is 29.6 Å². The SMILES string of the molecule is COC(=O)c1cn([C@H]2O[C@@H](CO)C(O)C2O)c(=O)[nH]c1=O. The smallest absolute Gasteiger partial charge is 0.345 e. The third-order valence-electron chi connectivity index (χ3n) is 3.16. The molecule has 1 fully saturated rings. The van der Waals surface area contributed by atoms with Crippen LogP contribution in [0.3, 0.4) is 0 Å². The summed E-state index contributed by atoms with van der Waals surface area (Å²) in [5, 5.41) is 28.5. The largest absolute Gasteiger partial charge is 0.465 e. The van der Waals surface area contributed by atoms with Crippen molar-refractivity contribution in [2.24, 2.45) is 0 Å². The Balaban J connectivity index is 2.47. The summed E-state index contributed by atoms with van der Waals surface area (Å²) < 4.78 is 10.3. The highest BCUT2D eigenvalue weighted by Gasteiger charge is 2.44. The zero-order valence-corrected chi connectivity index (χ0v) is 10.9. The van der Waals surface area contributed by atoms with E-state index in [1.807, 2.05) is 4.98 Å². The van der Waals surface area contributed by atoms with Gasteiger partial charge >= 0.3 is 11.7 Å². The van der Waals surface area contributed by atoms with Gasteiger partial charge in [-0.2, -0.15) is 0 Å². The molecular formula is C11H14N2O8. The Morgan fingerprint density at radius 2 is 2.10 bits per heavy atom. The molecule has 1 saturated heterocycles. The molecule has 10 heteroatoms. The number of aliphatic hydroxyl groups is 3. The number of aromatic nitrogens is 2. The van der Waals surface area contributed by atoms with Gasteiger partial charge in [0.05, 0.1) is 13.7 Å². The molecule has 2 unspecified atom stereocenters. The first-order chi connectivity index (χ1) is 9.90. The highest BCUT2D eigenvalue weighted by Crippen LogP contribution is 2.27. The summed E-state index contributed by atoms with van der Waals surface area (Å²) in [7, 11) is 1.06. The molecule has 116 valence electrons. The molecule has 1 aromatic heterocycles. The molecule has 4 atom stereocenters. The van der Waals surface area contributed by atoms with Crippen LogP contribution in [0, 0.1) is 0 Å². The number of carbonyl (C=O) groups excluding carboxylic acids is 1. The van der Waals surface area contributed by atoms with Crippen LogP contribution in [-0.2, 0) is 9.47 Å². The van der Waals surface area contributed by atoms with Crippen LogP contribution < -0.4 is 11.2 Å². The van der Waals surface area contributed by atoms with Gasteiger partial charge in [0.2, 0.25) is 0 Å². The van der Waals surface area contributed by atoms with Gasteiger partial charge in [-0.1, -0.05) is 0 Å². The predicted molar refractivity (Wildman–Crippen MR) is 65.7 cm³/mol. The van der Waals surface area contributed by atoms with Gasteiger partial charge in [0.1, 0.15) is 23.9 Å². The van der Waals surface area contributed by atoms with Gasteiger partial charge in [-0.3, -0.25) is 14.3 Å². The van der Waals surface area contributed by atoms with E-state index in [0.29, 0.717) is 0 Å². The van der Waals surface area contributed by atoms with E-state index >= 15 is 0 Å². The van der Waals surface area contributed by atoms with E-state index in [-0.39, 0.29) is 0 Å². The molecule has 10 nitrogen and oxygen atoms in total. The Hall–Kier alpha value is -2.01. The van der Waals surface area contributed by atoms with Gasteiger partial charge < -0.3 is 24.8 Å². The molecule has 0 bridgehead atoms. The van der Waals surface area contributed by atoms with Crippen molar-refractivity contribution in [3.05, 3.63) is 32.6 Å². The lowest BCUT2D eigenvalue weighted by atomic mass is 10.1. The fraction of sp³-hybridized carbons (Fsp3) is 0.545. The highest BCUT2D eigenvalue weighted by atomic mass is 16.6. The van der Waals surface area contributed by atoms with Crippen molar-refractivity contribution in [2.45, 2.75) is 24.5 Å². The zero-order valence-electron chi connectivity index (χ0n) is 10.9. The van der Waals surface area contributed by atoms with Crippen LogP contribution in [0.4, 0.5) is 0 Å². The molecule has 1 aliphatic rings. The summed E-state index contributed by atoms with van der Waals surface area (Å²) >= 11 is 0. The van der Waals surface area contributed by atoms with Crippen molar-refractivity contribution in [3.8, 4) is 0 Å². The third kappa shape index (κ3) is 2.61. The second-order valence-corrected chi connectivity index (χ2v) is 4.43. The Kier molecular flexibility index (Phi) is 4.23. The minimum absolute atomic E-state index is 0.463. The summed E-state index contributed by atoms with van der Waals surface area (Å²) in [5.41, 5.74) is -2.35. The van der Waals surface area contributed by atoms with Crippen LogP contribution in [0.5, 0.6) is 0 Å². The summed E-state index contributed by atoms with van der Waals surface area (Å²) in [6, 6.07) is 0. The number of esters is 1. The van der Waals surface area contributed by atoms with E-state index < -0.39 is 53.9 Å². The summed E-state index contributed by atoms with van der Waals surface area (Å²) in [6.07, 6.45) is -4.51. The molecule has 0 radical (unpaired) electrons. The lowest BCUT2D eigenvalue weighted by Crippen LogP contribution is -2.39. The molecule has 2 heterocycles. The number of ether oxygens (including phenoxy) is 2. The molecule has 4 N–H and O–H groups in total. The van der Waals surface area contributed by atoms with Gasteiger partial charge in [0, 0.05) is 6.20 Å². The molecule has 0 spiro atoms. The van der Waals surface area contributed by atoms with Crippen molar-refractivity contribution >= 4 is 5.97 Å². The van der Waals surface area contributed by atoms with E-state index in [9.17, 15) is 24.6 Å². The second kappa shape index (κ2) is 5.77. The summed E-state index contributed by atoms with van der Waals surface area (Å²) in [4.78, 5) is 36.6. The third-order valence-corrected chi connectivity index (χ3v) is 3.16. The number of hydrogen-bond acceptors (Lipinski definition) is 8. The number of rotatable bonds is 3. The first-order valence-corrected chi connectivity index (χ1v) is 5.97. The molecule has 0 aliphatic carbocycles. The highest BCUT2D eigenvalue weighted by molar-refractivity contribution is 5.88. The van der Waals surface area contributed by atoms with E-state index in [1.54, 1.807) is 0 Å². The van der Waals surface area contributed by atoms with Crippen molar-refractivity contribution in [2.75, 3.05) is 13.7 Å². The van der Waals surface area contributed by atoms with Crippen LogP contribution >= 0.6 is 0 Å². The molecule has 21 heavy (non-hydrogen) atoms. The first-order valence-electron chi connectivity index (χ1n) is 5.97. The van der Waals surface area contributed by atoms with E-state index in [4.69, 9.17) is 9.84 Å². The minimum Gasteiger partial charge on any atom is -0.465 e. The Morgan fingerprint density at radius 3 is 2.62 bits per heavy atom. The molecule has 2 rings (SSSR count). The van der Waals surface area contributed by atoms with Gasteiger partial charge in [-0.25, -0.2) is 9.59 Å². The minimum atomic E-state index is -1.52. The van der Waals surface area contributed by atoms with Crippen LogP contribution in [0.2, 0.25) is 0 Å². The molecule has 0 amide bonds. The lowest BCUT2D eigenvalue weighted by Gasteiger charge is -2.17. The van der Waals surface area contributed by atoms with E-state index in [0.717, 1.165) is 17.9 Å². The topological polar surface area (TPSA) is 151 Å². The number of hydrogen-bond donors (Lipinski definition) is 4. The average molecular weight is 302 g/mol. The Labute approximate surface area is 117 Å². The molecule has 0 saturated carbocycles. The normalized spacial score (nSPS) is 28.6. The lowest BCUT2D eigenvalue weighted by molar-refractivity contribution is -0.0551. The number of H-pyrrole nitrogens is 1. The quantitative estimate of drug-likeness (QED) is 0.429. The maximum atomic E-state index is 11.8. The number of nitrogens with one attached hydrogen (secondary N) is 1. The zero-order chi connectivity index (χ0) is 15.7. The standard InChI is InChI=1S/C11H14N2O8/c1-20-10(18)4-2-13(11(19)12-8(4)17)9-7(16)6(15)5(3-14)21-9/h2,5-7,9,14-16H,3H2,1H3,(H,12,17,19)/t5-,6?,7?,9-/m0/s1. The van der Waals surface area contributed by atoms with Gasteiger partial charge in [-0.15, -0.1) is 0 Å². The number of aromatic amines is 1. The van der Waals surface area contributed by atoms with Crippen LogP contribution in [0.25, 0.3) is 0 Å².